The van der Waals surface area contributed by atoms with Crippen LogP contribution in [0.25, 0.3) is 0 Å². The summed E-state index contributed by atoms with van der Waals surface area (Å²) in [6, 6.07) is -0.557. The minimum atomic E-state index is -0.877. The Morgan fingerprint density at radius 2 is 2.31 bits per heavy atom. The Morgan fingerprint density at radius 1 is 1.69 bits per heavy atom. The Labute approximate surface area is 79.0 Å². The Balaban J connectivity index is 3.50. The number of carboxylic acids is 1. The van der Waals surface area contributed by atoms with Crippen LogP contribution in [-0.4, -0.2) is 29.6 Å². The first kappa shape index (κ1) is 12.1. The van der Waals surface area contributed by atoms with Crippen molar-refractivity contribution in [2.75, 3.05) is 6.54 Å². The summed E-state index contributed by atoms with van der Waals surface area (Å²) in [5, 5.41) is 20.7. The molecule has 0 aliphatic rings. The molecule has 0 saturated heterocycles. The van der Waals surface area contributed by atoms with E-state index in [2.05, 4.69) is 19.8 Å². The Kier molecular flexibility index (Phi) is 6.18. The molecule has 0 aromatic rings. The molecule has 6 nitrogen and oxygen atoms in total. The van der Waals surface area contributed by atoms with Crippen molar-refractivity contribution in [2.45, 2.75) is 18.9 Å². The topological polar surface area (TPSA) is 111 Å². The van der Waals surface area contributed by atoms with Gasteiger partial charge in [-0.2, -0.15) is 0 Å². The highest BCUT2D eigenvalue weighted by molar-refractivity contribution is 7.13. The van der Waals surface area contributed by atoms with Crippen molar-refractivity contribution in [3.8, 4) is 0 Å². The minimum Gasteiger partial charge on any atom is -0.480 e. The summed E-state index contributed by atoms with van der Waals surface area (Å²) in [7, 11) is 2.17. The summed E-state index contributed by atoms with van der Waals surface area (Å²) in [5.41, 5.74) is 5.04. The van der Waals surface area contributed by atoms with Gasteiger partial charge in [-0.15, -0.1) is 0 Å². The lowest BCUT2D eigenvalue weighted by Crippen LogP contribution is -2.34. The highest BCUT2D eigenvalue weighted by Crippen LogP contribution is 1.98. The van der Waals surface area contributed by atoms with Gasteiger partial charge in [-0.05, 0) is 12.8 Å². The molecule has 1 unspecified atom stereocenters. The maximum absolute atomic E-state index is 10.5. The number of hydrogen-bond donors (Lipinski definition) is 5. The first-order valence-electron chi connectivity index (χ1n) is 3.84. The Morgan fingerprint density at radius 3 is 2.69 bits per heavy atom. The summed E-state index contributed by atoms with van der Waals surface area (Å²) < 4.78 is 0. The SMILES string of the molecule is N=C(N)NCCC[C@H](NP)C(=O)O. The normalized spacial score (nSPS) is 12.1. The highest BCUT2D eigenvalue weighted by atomic mass is 31.0. The summed E-state index contributed by atoms with van der Waals surface area (Å²) >= 11 is 0. The molecule has 0 aromatic heterocycles. The van der Waals surface area contributed by atoms with E-state index in [1.165, 1.54) is 0 Å². The molecule has 6 N–H and O–H groups in total. The molecule has 0 aromatic carbocycles. The smallest absolute Gasteiger partial charge is 0.320 e. The fourth-order valence-corrected chi connectivity index (χ4v) is 1.12. The molecule has 76 valence electrons. The molecule has 0 aliphatic carbocycles. The molecule has 0 amide bonds. The van der Waals surface area contributed by atoms with Crippen molar-refractivity contribution in [1.82, 2.24) is 10.4 Å². The van der Waals surface area contributed by atoms with E-state index in [1.807, 2.05) is 0 Å². The third-order valence-electron chi connectivity index (χ3n) is 1.48. The van der Waals surface area contributed by atoms with Crippen LogP contribution in [0, 0.1) is 5.41 Å². The van der Waals surface area contributed by atoms with Gasteiger partial charge in [0.15, 0.2) is 5.96 Å². The van der Waals surface area contributed by atoms with E-state index in [9.17, 15) is 4.79 Å². The lowest BCUT2D eigenvalue weighted by molar-refractivity contribution is -0.139. The molecule has 13 heavy (non-hydrogen) atoms. The van der Waals surface area contributed by atoms with Crippen molar-refractivity contribution in [3.63, 3.8) is 0 Å². The van der Waals surface area contributed by atoms with Gasteiger partial charge >= 0.3 is 5.97 Å². The third kappa shape index (κ3) is 6.31. The molecule has 0 heterocycles. The molecule has 0 spiro atoms. The van der Waals surface area contributed by atoms with Crippen LogP contribution in [0.4, 0.5) is 0 Å². The van der Waals surface area contributed by atoms with E-state index < -0.39 is 12.0 Å². The number of carboxylic acid groups (broad SMARTS) is 1. The van der Waals surface area contributed by atoms with Gasteiger partial charge in [-0.1, -0.05) is 9.39 Å². The van der Waals surface area contributed by atoms with Gasteiger partial charge in [-0.3, -0.25) is 15.3 Å². The number of nitrogens with one attached hydrogen (secondary N) is 3. The van der Waals surface area contributed by atoms with Gasteiger partial charge in [0.05, 0.1) is 0 Å². The van der Waals surface area contributed by atoms with Crippen LogP contribution in [0.3, 0.4) is 0 Å². The highest BCUT2D eigenvalue weighted by Gasteiger charge is 2.13. The van der Waals surface area contributed by atoms with Crippen molar-refractivity contribution in [2.24, 2.45) is 5.73 Å². The molecule has 2 atom stereocenters. The van der Waals surface area contributed by atoms with Gasteiger partial charge in [0.2, 0.25) is 0 Å². The minimum absolute atomic E-state index is 0.0919. The van der Waals surface area contributed by atoms with Crippen LogP contribution >= 0.6 is 9.39 Å². The van der Waals surface area contributed by atoms with E-state index >= 15 is 0 Å². The van der Waals surface area contributed by atoms with Crippen LogP contribution in [0.2, 0.25) is 0 Å². The zero-order chi connectivity index (χ0) is 10.3. The summed E-state index contributed by atoms with van der Waals surface area (Å²) in [6.45, 7) is 0.519. The zero-order valence-corrected chi connectivity index (χ0v) is 8.36. The second kappa shape index (κ2) is 6.62. The molecule has 0 bridgehead atoms. The van der Waals surface area contributed by atoms with Crippen molar-refractivity contribution in [3.05, 3.63) is 0 Å². The predicted molar refractivity (Wildman–Crippen MR) is 53.4 cm³/mol. The van der Waals surface area contributed by atoms with Crippen molar-refractivity contribution >= 4 is 21.3 Å². The standard InChI is InChI=1S/C6H15N4O2P/c7-6(8)9-3-1-2-4(10-13)5(11)12/h4,10H,1-3,13H2,(H,11,12)(H4,7,8,9)/t4-/m0/s1. The average molecular weight is 206 g/mol. The first-order valence-corrected chi connectivity index (χ1v) is 4.42. The summed E-state index contributed by atoms with van der Waals surface area (Å²) in [6.07, 6.45) is 1.15. The van der Waals surface area contributed by atoms with Crippen molar-refractivity contribution in [1.29, 1.82) is 5.41 Å². The molecular weight excluding hydrogens is 191 g/mol. The molecule has 0 radical (unpaired) electrons. The first-order chi connectivity index (χ1) is 6.07. The largest absolute Gasteiger partial charge is 0.480 e. The van der Waals surface area contributed by atoms with Crippen LogP contribution in [0.15, 0.2) is 0 Å². The third-order valence-corrected chi connectivity index (χ3v) is 1.89. The quantitative estimate of drug-likeness (QED) is 0.167. The van der Waals surface area contributed by atoms with Crippen molar-refractivity contribution < 1.29 is 9.90 Å². The van der Waals surface area contributed by atoms with Gasteiger partial charge in [-0.25, -0.2) is 0 Å². The van der Waals surface area contributed by atoms with Gasteiger partial charge in [0, 0.05) is 6.54 Å². The van der Waals surface area contributed by atoms with E-state index in [0.717, 1.165) is 0 Å². The molecule has 0 saturated carbocycles. The average Bonchev–Trinajstić information content (AvgIpc) is 2.03. The molecular formula is C6H15N4O2P. The maximum atomic E-state index is 10.5. The second-order valence-corrected chi connectivity index (χ2v) is 2.87. The van der Waals surface area contributed by atoms with Crippen LogP contribution < -0.4 is 16.1 Å². The molecule has 0 fully saturated rings. The number of nitrogens with two attached hydrogens (primary N) is 1. The van der Waals surface area contributed by atoms with Crippen LogP contribution in [0.1, 0.15) is 12.8 Å². The molecule has 0 aliphatic heterocycles. The van der Waals surface area contributed by atoms with Crippen LogP contribution in [0.5, 0.6) is 0 Å². The van der Waals surface area contributed by atoms with E-state index in [4.69, 9.17) is 16.2 Å². The molecule has 0 rings (SSSR count). The number of hydrogen-bond acceptors (Lipinski definition) is 3. The van der Waals surface area contributed by atoms with E-state index in [0.29, 0.717) is 19.4 Å². The molecule has 7 heteroatoms. The summed E-state index contributed by atoms with van der Waals surface area (Å²) in [5.74, 6) is -0.969. The number of rotatable bonds is 6. The lowest BCUT2D eigenvalue weighted by Gasteiger charge is -2.10. The fraction of sp³-hybridized carbons (Fsp3) is 0.667. The number of guanidine groups is 1. The fourth-order valence-electron chi connectivity index (χ4n) is 0.807. The predicted octanol–water partition coefficient (Wildman–Crippen LogP) is -0.917. The van der Waals surface area contributed by atoms with Gasteiger partial charge in [0.25, 0.3) is 0 Å². The number of aliphatic carboxylic acids is 1. The summed E-state index contributed by atoms with van der Waals surface area (Å²) in [4.78, 5) is 10.5. The van der Waals surface area contributed by atoms with Gasteiger partial charge < -0.3 is 16.2 Å². The van der Waals surface area contributed by atoms with Gasteiger partial charge in [0.1, 0.15) is 6.04 Å². The number of carbonyl (C=O) groups is 1. The maximum Gasteiger partial charge on any atom is 0.320 e. The second-order valence-electron chi connectivity index (χ2n) is 2.54. The Bertz CT molecular complexity index is 187. The van der Waals surface area contributed by atoms with E-state index in [1.54, 1.807) is 0 Å². The monoisotopic (exact) mass is 206 g/mol. The zero-order valence-electron chi connectivity index (χ0n) is 7.21. The van der Waals surface area contributed by atoms with E-state index in [-0.39, 0.29) is 5.96 Å². The van der Waals surface area contributed by atoms with Crippen LogP contribution in [-0.2, 0) is 4.79 Å². The Hall–Kier alpha value is -0.870. The lowest BCUT2D eigenvalue weighted by atomic mass is 10.2.